The van der Waals surface area contributed by atoms with Gasteiger partial charge in [-0.15, -0.1) is 0 Å². The number of aromatic nitrogens is 1. The Morgan fingerprint density at radius 3 is 2.55 bits per heavy atom. The zero-order chi connectivity index (χ0) is 16.5. The summed E-state index contributed by atoms with van der Waals surface area (Å²) in [4.78, 5) is 24.0. The Balaban J connectivity index is 2.14. The molecule has 0 atom stereocenters. The summed E-state index contributed by atoms with van der Waals surface area (Å²) in [5, 5.41) is 18.0. The van der Waals surface area contributed by atoms with Crippen molar-refractivity contribution < 1.29 is 19.4 Å². The predicted octanol–water partition coefficient (Wildman–Crippen LogP) is 1.92. The van der Waals surface area contributed by atoms with Crippen LogP contribution in [0.4, 0.5) is 9.59 Å². The number of carbonyl (C=O) groups is 2. The second-order valence-corrected chi connectivity index (χ2v) is 6.09. The maximum absolute atomic E-state index is 11.9. The highest BCUT2D eigenvalue weighted by Gasteiger charge is 2.34. The van der Waals surface area contributed by atoms with Crippen LogP contribution in [0, 0.1) is 11.3 Å². The van der Waals surface area contributed by atoms with Crippen LogP contribution in [0.1, 0.15) is 38.1 Å². The normalized spacial score (nSPS) is 14.9. The van der Waals surface area contributed by atoms with Gasteiger partial charge in [0.25, 0.3) is 0 Å². The molecule has 0 spiro atoms. The third kappa shape index (κ3) is 3.31. The first-order valence-corrected chi connectivity index (χ1v) is 6.81. The van der Waals surface area contributed by atoms with E-state index in [0.29, 0.717) is 18.8 Å². The summed E-state index contributed by atoms with van der Waals surface area (Å²) in [6.07, 6.45) is -1.65. The molecule has 118 valence electrons. The summed E-state index contributed by atoms with van der Waals surface area (Å²) in [5.41, 5.74) is 2.81. The van der Waals surface area contributed by atoms with Gasteiger partial charge < -0.3 is 14.7 Å². The first-order valence-electron chi connectivity index (χ1n) is 6.81. The van der Waals surface area contributed by atoms with Gasteiger partial charge in [0.1, 0.15) is 17.4 Å². The summed E-state index contributed by atoms with van der Waals surface area (Å²) in [5.74, 6) is -0.0619. The molecule has 2 N–H and O–H groups in total. The topological polar surface area (TPSA) is 108 Å². The summed E-state index contributed by atoms with van der Waals surface area (Å²) in [7, 11) is 0. The lowest BCUT2D eigenvalue weighted by atomic mass is 9.97. The standard InChI is InChI=1S/C14H18N4O4/c1-14(2,3)22-12(19)16-18-10(6-15)4-5-11(18)9-7-17(8-9)13(20)21/h4-5,9H,7-8H2,1-3H3,(H,16,19)(H,20,21). The van der Waals surface area contributed by atoms with Crippen molar-refractivity contribution in [1.82, 2.24) is 9.58 Å². The maximum atomic E-state index is 11.9. The van der Waals surface area contributed by atoms with Crippen molar-refractivity contribution in [3.63, 3.8) is 0 Å². The van der Waals surface area contributed by atoms with E-state index in [1.807, 2.05) is 6.07 Å². The molecule has 0 radical (unpaired) electrons. The van der Waals surface area contributed by atoms with Crippen LogP contribution in [-0.4, -0.2) is 45.6 Å². The van der Waals surface area contributed by atoms with Crippen molar-refractivity contribution >= 4 is 12.2 Å². The fourth-order valence-corrected chi connectivity index (χ4v) is 2.20. The molecule has 2 rings (SSSR count). The molecule has 0 unspecified atom stereocenters. The van der Waals surface area contributed by atoms with Crippen LogP contribution in [-0.2, 0) is 4.74 Å². The average molecular weight is 306 g/mol. The first kappa shape index (κ1) is 15.7. The van der Waals surface area contributed by atoms with E-state index in [1.54, 1.807) is 32.9 Å². The number of likely N-dealkylation sites (tertiary alicyclic amines) is 1. The van der Waals surface area contributed by atoms with Crippen LogP contribution in [0.5, 0.6) is 0 Å². The minimum absolute atomic E-state index is 0.0619. The van der Waals surface area contributed by atoms with E-state index in [0.717, 1.165) is 0 Å². The van der Waals surface area contributed by atoms with Gasteiger partial charge in [0.05, 0.1) is 0 Å². The smallest absolute Gasteiger partial charge is 0.426 e. The Morgan fingerprint density at radius 1 is 1.41 bits per heavy atom. The zero-order valence-electron chi connectivity index (χ0n) is 12.7. The summed E-state index contributed by atoms with van der Waals surface area (Å²) in [6.45, 7) is 5.89. The van der Waals surface area contributed by atoms with Crippen LogP contribution < -0.4 is 5.43 Å². The number of nitrogens with zero attached hydrogens (tertiary/aromatic N) is 3. The number of ether oxygens (including phenoxy) is 1. The van der Waals surface area contributed by atoms with Gasteiger partial charge in [-0.1, -0.05) is 0 Å². The fourth-order valence-electron chi connectivity index (χ4n) is 2.20. The van der Waals surface area contributed by atoms with Gasteiger partial charge in [0.2, 0.25) is 0 Å². The minimum Gasteiger partial charge on any atom is -0.465 e. The molecule has 0 aliphatic carbocycles. The van der Waals surface area contributed by atoms with Gasteiger partial charge in [-0.3, -0.25) is 0 Å². The number of hydrogen-bond acceptors (Lipinski definition) is 4. The number of carbonyl (C=O) groups excluding carboxylic acids is 1. The van der Waals surface area contributed by atoms with Crippen molar-refractivity contribution in [1.29, 1.82) is 5.26 Å². The number of nitriles is 1. The van der Waals surface area contributed by atoms with Crippen LogP contribution in [0.3, 0.4) is 0 Å². The highest BCUT2D eigenvalue weighted by Crippen LogP contribution is 2.28. The Morgan fingerprint density at radius 2 is 2.05 bits per heavy atom. The van der Waals surface area contributed by atoms with Gasteiger partial charge >= 0.3 is 12.2 Å². The molecule has 1 aromatic rings. The SMILES string of the molecule is CC(C)(C)OC(=O)Nn1c(C#N)ccc1C1CN(C(=O)O)C1. The van der Waals surface area contributed by atoms with E-state index in [4.69, 9.17) is 15.1 Å². The average Bonchev–Trinajstić information content (AvgIpc) is 2.67. The van der Waals surface area contributed by atoms with Gasteiger partial charge in [-0.2, -0.15) is 5.26 Å². The third-order valence-electron chi connectivity index (χ3n) is 3.20. The summed E-state index contributed by atoms with van der Waals surface area (Å²) in [6, 6.07) is 5.27. The van der Waals surface area contributed by atoms with Crippen LogP contribution in [0.15, 0.2) is 12.1 Å². The lowest BCUT2D eigenvalue weighted by Gasteiger charge is -2.37. The highest BCUT2D eigenvalue weighted by molar-refractivity contribution is 5.76. The number of rotatable bonds is 2. The Kier molecular flexibility index (Phi) is 3.99. The van der Waals surface area contributed by atoms with Crippen LogP contribution in [0.2, 0.25) is 0 Å². The molecule has 0 saturated carbocycles. The zero-order valence-corrected chi connectivity index (χ0v) is 12.7. The Bertz CT molecular complexity index is 632. The molecule has 8 heteroatoms. The van der Waals surface area contributed by atoms with E-state index < -0.39 is 17.8 Å². The van der Waals surface area contributed by atoms with E-state index >= 15 is 0 Å². The van der Waals surface area contributed by atoms with E-state index in [-0.39, 0.29) is 11.6 Å². The molecular weight excluding hydrogens is 288 g/mol. The monoisotopic (exact) mass is 306 g/mol. The predicted molar refractivity (Wildman–Crippen MR) is 77.1 cm³/mol. The van der Waals surface area contributed by atoms with E-state index in [9.17, 15) is 9.59 Å². The molecule has 1 aromatic heterocycles. The molecule has 1 fully saturated rings. The lowest BCUT2D eigenvalue weighted by molar-refractivity contribution is 0.0608. The second-order valence-electron chi connectivity index (χ2n) is 6.09. The van der Waals surface area contributed by atoms with Gasteiger partial charge in [-0.25, -0.2) is 19.7 Å². The molecule has 0 aromatic carbocycles. The molecule has 2 heterocycles. The van der Waals surface area contributed by atoms with Crippen molar-refractivity contribution in [2.45, 2.75) is 32.3 Å². The Labute approximate surface area is 127 Å². The van der Waals surface area contributed by atoms with Gasteiger partial charge in [-0.05, 0) is 32.9 Å². The maximum Gasteiger partial charge on any atom is 0.426 e. The molecular formula is C14H18N4O4. The molecule has 1 saturated heterocycles. The second kappa shape index (κ2) is 5.60. The summed E-state index contributed by atoms with van der Waals surface area (Å²) >= 11 is 0. The molecule has 1 aliphatic rings. The number of hydrogen-bond donors (Lipinski definition) is 2. The highest BCUT2D eigenvalue weighted by atomic mass is 16.6. The third-order valence-corrected chi connectivity index (χ3v) is 3.20. The number of nitrogens with one attached hydrogen (secondary N) is 1. The molecule has 1 aliphatic heterocycles. The minimum atomic E-state index is -0.977. The van der Waals surface area contributed by atoms with Crippen molar-refractivity contribution in [2.75, 3.05) is 18.5 Å². The molecule has 22 heavy (non-hydrogen) atoms. The number of amides is 2. The van der Waals surface area contributed by atoms with Gasteiger partial charge in [0, 0.05) is 24.7 Å². The van der Waals surface area contributed by atoms with E-state index in [2.05, 4.69) is 5.43 Å². The molecule has 0 bridgehead atoms. The van der Waals surface area contributed by atoms with Crippen molar-refractivity contribution in [3.05, 3.63) is 23.5 Å². The largest absolute Gasteiger partial charge is 0.465 e. The Hall–Kier alpha value is -2.69. The van der Waals surface area contributed by atoms with Crippen LogP contribution in [0.25, 0.3) is 0 Å². The molecule has 8 nitrogen and oxygen atoms in total. The molecule has 2 amide bonds. The van der Waals surface area contributed by atoms with Crippen molar-refractivity contribution in [2.24, 2.45) is 0 Å². The van der Waals surface area contributed by atoms with Crippen LogP contribution >= 0.6 is 0 Å². The number of carboxylic acid groups (broad SMARTS) is 1. The first-order chi connectivity index (χ1) is 10.2. The van der Waals surface area contributed by atoms with E-state index in [1.165, 1.54) is 9.58 Å². The fraction of sp³-hybridized carbons (Fsp3) is 0.500. The lowest BCUT2D eigenvalue weighted by Crippen LogP contribution is -2.49. The summed E-state index contributed by atoms with van der Waals surface area (Å²) < 4.78 is 6.53. The van der Waals surface area contributed by atoms with Gasteiger partial charge in [0.15, 0.2) is 0 Å². The van der Waals surface area contributed by atoms with Crippen molar-refractivity contribution in [3.8, 4) is 6.07 Å². The quantitative estimate of drug-likeness (QED) is 0.867.